The average Bonchev–Trinajstić information content (AvgIpc) is 2.38. The predicted molar refractivity (Wildman–Crippen MR) is 79.6 cm³/mol. The molecular formula is C15H22N2O2S. The second kappa shape index (κ2) is 6.38. The van der Waals surface area contributed by atoms with Gasteiger partial charge in [0.15, 0.2) is 0 Å². The fraction of sp³-hybridized carbons (Fsp3) is 0.533. The van der Waals surface area contributed by atoms with Gasteiger partial charge < -0.3 is 0 Å². The smallest absolute Gasteiger partial charge is 0.211 e. The Balaban J connectivity index is 2.82. The van der Waals surface area contributed by atoms with Gasteiger partial charge >= 0.3 is 0 Å². The minimum Gasteiger partial charge on any atom is -0.211 e. The van der Waals surface area contributed by atoms with Crippen molar-refractivity contribution in [2.45, 2.75) is 39.0 Å². The van der Waals surface area contributed by atoms with Crippen molar-refractivity contribution in [3.63, 3.8) is 0 Å². The molecule has 0 saturated heterocycles. The third-order valence-corrected chi connectivity index (χ3v) is 5.21. The van der Waals surface area contributed by atoms with Crippen LogP contribution in [0, 0.1) is 22.7 Å². The van der Waals surface area contributed by atoms with Crippen LogP contribution in [0.15, 0.2) is 29.2 Å². The summed E-state index contributed by atoms with van der Waals surface area (Å²) < 4.78 is 27.0. The molecule has 0 unspecified atom stereocenters. The molecule has 1 rings (SSSR count). The fourth-order valence-corrected chi connectivity index (χ4v) is 2.67. The minimum absolute atomic E-state index is 0.103. The van der Waals surface area contributed by atoms with Crippen molar-refractivity contribution in [2.24, 2.45) is 11.3 Å². The summed E-state index contributed by atoms with van der Waals surface area (Å²) in [7, 11) is -3.49. The number of nitrogens with zero attached hydrogens (tertiary/aromatic N) is 1. The maximum Gasteiger partial charge on any atom is 0.240 e. The number of nitrogens with one attached hydrogen (secondary N) is 1. The Hall–Kier alpha value is -1.38. The lowest BCUT2D eigenvalue weighted by atomic mass is 9.81. The lowest BCUT2D eigenvalue weighted by molar-refractivity contribution is 0.252. The Bertz CT molecular complexity index is 581. The van der Waals surface area contributed by atoms with E-state index in [4.69, 9.17) is 5.26 Å². The van der Waals surface area contributed by atoms with Gasteiger partial charge in [0.1, 0.15) is 0 Å². The standard InChI is InChI=1S/C15H22N2O2S/c1-12(2)15(3,4)11-17-20(18,19)14-7-5-13(6-8-14)9-10-16/h5-8,12,17H,9,11H2,1-4H3. The summed E-state index contributed by atoms with van der Waals surface area (Å²) >= 11 is 0. The highest BCUT2D eigenvalue weighted by Gasteiger charge is 2.25. The van der Waals surface area contributed by atoms with Crippen molar-refractivity contribution in [3.05, 3.63) is 29.8 Å². The second-order valence-corrected chi connectivity index (χ2v) is 7.71. The summed E-state index contributed by atoms with van der Waals surface area (Å²) in [5.74, 6) is 0.378. The summed E-state index contributed by atoms with van der Waals surface area (Å²) in [4.78, 5) is 0.235. The Kier molecular flexibility index (Phi) is 5.32. The molecule has 110 valence electrons. The summed E-state index contributed by atoms with van der Waals surface area (Å²) in [5.41, 5.74) is 0.710. The molecule has 0 fully saturated rings. The highest BCUT2D eigenvalue weighted by molar-refractivity contribution is 7.89. The molecule has 0 aliphatic carbocycles. The van der Waals surface area contributed by atoms with E-state index in [0.717, 1.165) is 5.56 Å². The molecule has 0 amide bonds. The van der Waals surface area contributed by atoms with Crippen LogP contribution >= 0.6 is 0 Å². The molecule has 4 nitrogen and oxygen atoms in total. The van der Waals surface area contributed by atoms with Crippen LogP contribution in [0.4, 0.5) is 0 Å². The number of benzene rings is 1. The molecular weight excluding hydrogens is 272 g/mol. The monoisotopic (exact) mass is 294 g/mol. The van der Waals surface area contributed by atoms with E-state index < -0.39 is 10.0 Å². The van der Waals surface area contributed by atoms with Crippen molar-refractivity contribution in [1.82, 2.24) is 4.72 Å². The first-order chi connectivity index (χ1) is 9.19. The van der Waals surface area contributed by atoms with E-state index in [-0.39, 0.29) is 16.7 Å². The van der Waals surface area contributed by atoms with E-state index in [1.54, 1.807) is 12.1 Å². The van der Waals surface area contributed by atoms with Crippen LogP contribution < -0.4 is 4.72 Å². The molecule has 0 bridgehead atoms. The zero-order valence-electron chi connectivity index (χ0n) is 12.5. The third-order valence-electron chi connectivity index (χ3n) is 3.80. The first-order valence-electron chi connectivity index (χ1n) is 6.64. The van der Waals surface area contributed by atoms with Crippen LogP contribution in [-0.2, 0) is 16.4 Å². The first kappa shape index (κ1) is 16.7. The maximum atomic E-state index is 12.2. The van der Waals surface area contributed by atoms with Gasteiger partial charge in [-0.1, -0.05) is 39.8 Å². The molecule has 1 aromatic carbocycles. The highest BCUT2D eigenvalue weighted by Crippen LogP contribution is 2.25. The maximum absolute atomic E-state index is 12.2. The third kappa shape index (κ3) is 4.32. The van der Waals surface area contributed by atoms with Gasteiger partial charge in [-0.25, -0.2) is 13.1 Å². The van der Waals surface area contributed by atoms with Gasteiger partial charge in [0.25, 0.3) is 0 Å². The van der Waals surface area contributed by atoms with Crippen molar-refractivity contribution >= 4 is 10.0 Å². The highest BCUT2D eigenvalue weighted by atomic mass is 32.2. The van der Waals surface area contributed by atoms with Crippen LogP contribution in [0.3, 0.4) is 0 Å². The minimum atomic E-state index is -3.49. The van der Waals surface area contributed by atoms with Gasteiger partial charge in [0, 0.05) is 6.54 Å². The lowest BCUT2D eigenvalue weighted by Crippen LogP contribution is -2.36. The van der Waals surface area contributed by atoms with E-state index in [9.17, 15) is 8.42 Å². The number of rotatable bonds is 6. The van der Waals surface area contributed by atoms with Crippen molar-refractivity contribution in [2.75, 3.05) is 6.54 Å². The molecule has 5 heteroatoms. The van der Waals surface area contributed by atoms with Gasteiger partial charge in [0.2, 0.25) is 10.0 Å². The van der Waals surface area contributed by atoms with E-state index >= 15 is 0 Å². The molecule has 20 heavy (non-hydrogen) atoms. The van der Waals surface area contributed by atoms with Gasteiger partial charge in [0.05, 0.1) is 17.4 Å². The lowest BCUT2D eigenvalue weighted by Gasteiger charge is -2.29. The van der Waals surface area contributed by atoms with E-state index in [1.807, 2.05) is 19.9 Å². The second-order valence-electron chi connectivity index (χ2n) is 5.95. The van der Waals surface area contributed by atoms with E-state index in [2.05, 4.69) is 18.6 Å². The van der Waals surface area contributed by atoms with Gasteiger partial charge in [-0.3, -0.25) is 0 Å². The molecule has 0 heterocycles. The van der Waals surface area contributed by atoms with Crippen molar-refractivity contribution in [1.29, 1.82) is 5.26 Å². The van der Waals surface area contributed by atoms with Crippen molar-refractivity contribution in [3.8, 4) is 6.07 Å². The average molecular weight is 294 g/mol. The zero-order valence-corrected chi connectivity index (χ0v) is 13.3. The van der Waals surface area contributed by atoms with E-state index in [0.29, 0.717) is 12.5 Å². The van der Waals surface area contributed by atoms with Crippen LogP contribution in [0.2, 0.25) is 0 Å². The summed E-state index contributed by atoms with van der Waals surface area (Å²) in [6, 6.07) is 8.46. The normalized spacial score (nSPS) is 12.4. The molecule has 1 aromatic rings. The molecule has 0 atom stereocenters. The molecule has 0 aromatic heterocycles. The number of hydrogen-bond acceptors (Lipinski definition) is 3. The van der Waals surface area contributed by atoms with Gasteiger partial charge in [-0.15, -0.1) is 0 Å². The van der Waals surface area contributed by atoms with Crippen LogP contribution in [0.5, 0.6) is 0 Å². The fourth-order valence-electron chi connectivity index (χ4n) is 1.45. The Morgan fingerprint density at radius 2 is 1.80 bits per heavy atom. The Morgan fingerprint density at radius 3 is 2.25 bits per heavy atom. The number of sulfonamides is 1. The molecule has 1 N–H and O–H groups in total. The largest absolute Gasteiger partial charge is 0.240 e. The zero-order chi connectivity index (χ0) is 15.4. The summed E-state index contributed by atoms with van der Waals surface area (Å²) in [6.07, 6.45) is 0.286. The summed E-state index contributed by atoms with van der Waals surface area (Å²) in [6.45, 7) is 8.62. The number of hydrogen-bond donors (Lipinski definition) is 1. The molecule has 0 spiro atoms. The van der Waals surface area contributed by atoms with Gasteiger partial charge in [-0.05, 0) is 29.0 Å². The molecule has 0 saturated carbocycles. The van der Waals surface area contributed by atoms with Crippen LogP contribution in [-0.4, -0.2) is 15.0 Å². The van der Waals surface area contributed by atoms with Gasteiger partial charge in [-0.2, -0.15) is 5.26 Å². The Morgan fingerprint density at radius 1 is 1.25 bits per heavy atom. The predicted octanol–water partition coefficient (Wildman–Crippen LogP) is 2.71. The molecule has 0 aliphatic rings. The molecule has 0 aliphatic heterocycles. The van der Waals surface area contributed by atoms with Crippen molar-refractivity contribution < 1.29 is 8.42 Å². The van der Waals surface area contributed by atoms with Crippen LogP contribution in [0.1, 0.15) is 33.3 Å². The Labute approximate surface area is 121 Å². The first-order valence-corrected chi connectivity index (χ1v) is 8.13. The SMILES string of the molecule is CC(C)C(C)(C)CNS(=O)(=O)c1ccc(CC#N)cc1. The molecule has 0 radical (unpaired) electrons. The summed E-state index contributed by atoms with van der Waals surface area (Å²) in [5, 5.41) is 8.59. The topological polar surface area (TPSA) is 70.0 Å². The van der Waals surface area contributed by atoms with E-state index in [1.165, 1.54) is 12.1 Å². The van der Waals surface area contributed by atoms with Crippen LogP contribution in [0.25, 0.3) is 0 Å². The number of nitriles is 1. The quantitative estimate of drug-likeness (QED) is 0.877.